The standard InChI is InChI=1S/C19H23N5OS/c1-23-16-5-3-2-4-15(16)22-18(23)14-7-11-24(12-8-14)19(25)21-9-6-17-20-10-13-26-17/h2-5,10,13-14H,6-9,11-12H2,1H3,(H,21,25). The Bertz CT molecular complexity index is 881. The lowest BCUT2D eigenvalue weighted by molar-refractivity contribution is 0.180. The third kappa shape index (κ3) is 3.44. The van der Waals surface area contributed by atoms with Crippen molar-refractivity contribution in [3.8, 4) is 0 Å². The van der Waals surface area contributed by atoms with Gasteiger partial charge in [0.25, 0.3) is 0 Å². The number of imidazole rings is 1. The SMILES string of the molecule is Cn1c(C2CCN(C(=O)NCCc3nccs3)CC2)nc2ccccc21. The molecule has 2 amide bonds. The van der Waals surface area contributed by atoms with E-state index in [9.17, 15) is 4.79 Å². The average Bonchev–Trinajstić information content (AvgIpc) is 3.30. The number of hydrogen-bond donors (Lipinski definition) is 1. The third-order valence-electron chi connectivity index (χ3n) is 5.07. The molecule has 0 spiro atoms. The van der Waals surface area contributed by atoms with Gasteiger partial charge in [0.2, 0.25) is 0 Å². The number of carbonyl (C=O) groups excluding carboxylic acids is 1. The first-order valence-electron chi connectivity index (χ1n) is 9.05. The molecule has 7 heteroatoms. The van der Waals surface area contributed by atoms with Crippen LogP contribution in [-0.4, -0.2) is 45.1 Å². The minimum absolute atomic E-state index is 0.0324. The fraction of sp³-hybridized carbons (Fsp3) is 0.421. The molecule has 1 N–H and O–H groups in total. The number of nitrogens with zero attached hydrogens (tertiary/aromatic N) is 4. The molecule has 1 aromatic carbocycles. The third-order valence-corrected chi connectivity index (χ3v) is 5.91. The summed E-state index contributed by atoms with van der Waals surface area (Å²) in [4.78, 5) is 23.3. The number of likely N-dealkylation sites (tertiary alicyclic amines) is 1. The van der Waals surface area contributed by atoms with Crippen LogP contribution in [0.2, 0.25) is 0 Å². The van der Waals surface area contributed by atoms with Crippen molar-refractivity contribution in [1.82, 2.24) is 24.8 Å². The maximum Gasteiger partial charge on any atom is 0.317 e. The van der Waals surface area contributed by atoms with Crippen molar-refractivity contribution in [3.63, 3.8) is 0 Å². The Morgan fingerprint density at radius 3 is 2.85 bits per heavy atom. The van der Waals surface area contributed by atoms with Gasteiger partial charge in [0, 0.05) is 50.6 Å². The molecule has 0 radical (unpaired) electrons. The van der Waals surface area contributed by atoms with Gasteiger partial charge in [-0.3, -0.25) is 0 Å². The molecule has 136 valence electrons. The molecule has 26 heavy (non-hydrogen) atoms. The summed E-state index contributed by atoms with van der Waals surface area (Å²) in [5.41, 5.74) is 2.22. The quantitative estimate of drug-likeness (QED) is 0.768. The van der Waals surface area contributed by atoms with Crippen LogP contribution in [0.3, 0.4) is 0 Å². The maximum absolute atomic E-state index is 12.4. The Labute approximate surface area is 156 Å². The van der Waals surface area contributed by atoms with Crippen molar-refractivity contribution < 1.29 is 4.79 Å². The van der Waals surface area contributed by atoms with E-state index in [1.165, 1.54) is 5.52 Å². The van der Waals surface area contributed by atoms with Crippen molar-refractivity contribution in [2.75, 3.05) is 19.6 Å². The summed E-state index contributed by atoms with van der Waals surface area (Å²) in [5.74, 6) is 1.54. The zero-order chi connectivity index (χ0) is 17.9. The van der Waals surface area contributed by atoms with Crippen LogP contribution in [-0.2, 0) is 13.5 Å². The number of rotatable bonds is 4. The molecule has 3 aromatic rings. The summed E-state index contributed by atoms with van der Waals surface area (Å²) in [5, 5.41) is 6.03. The Morgan fingerprint density at radius 2 is 2.12 bits per heavy atom. The second-order valence-corrected chi connectivity index (χ2v) is 7.67. The van der Waals surface area contributed by atoms with Crippen LogP contribution in [0.5, 0.6) is 0 Å². The lowest BCUT2D eigenvalue weighted by atomic mass is 9.96. The number of para-hydroxylation sites is 2. The van der Waals surface area contributed by atoms with Gasteiger partial charge in [-0.1, -0.05) is 12.1 Å². The van der Waals surface area contributed by atoms with Gasteiger partial charge in [-0.2, -0.15) is 0 Å². The van der Waals surface area contributed by atoms with Gasteiger partial charge in [-0.15, -0.1) is 11.3 Å². The fourth-order valence-corrected chi connectivity index (χ4v) is 4.26. The molecule has 1 saturated heterocycles. The number of nitrogens with one attached hydrogen (secondary N) is 1. The van der Waals surface area contributed by atoms with Crippen LogP contribution in [0.25, 0.3) is 11.0 Å². The number of fused-ring (bicyclic) bond motifs is 1. The summed E-state index contributed by atoms with van der Waals surface area (Å²) >= 11 is 1.63. The Morgan fingerprint density at radius 1 is 1.31 bits per heavy atom. The van der Waals surface area contributed by atoms with Gasteiger partial charge in [0.15, 0.2) is 0 Å². The van der Waals surface area contributed by atoms with Gasteiger partial charge >= 0.3 is 6.03 Å². The van der Waals surface area contributed by atoms with Crippen LogP contribution in [0.1, 0.15) is 29.6 Å². The molecule has 0 unspecified atom stereocenters. The maximum atomic E-state index is 12.4. The number of aromatic nitrogens is 3. The number of amides is 2. The number of carbonyl (C=O) groups is 1. The van der Waals surface area contributed by atoms with Crippen molar-refractivity contribution in [2.45, 2.75) is 25.2 Å². The summed E-state index contributed by atoms with van der Waals surface area (Å²) in [7, 11) is 2.09. The summed E-state index contributed by atoms with van der Waals surface area (Å²) < 4.78 is 2.20. The van der Waals surface area contributed by atoms with E-state index >= 15 is 0 Å². The minimum Gasteiger partial charge on any atom is -0.338 e. The second-order valence-electron chi connectivity index (χ2n) is 6.69. The first kappa shape index (κ1) is 17.0. The number of benzene rings is 1. The zero-order valence-corrected chi connectivity index (χ0v) is 15.7. The average molecular weight is 369 g/mol. The highest BCUT2D eigenvalue weighted by Crippen LogP contribution is 2.29. The highest BCUT2D eigenvalue weighted by molar-refractivity contribution is 7.09. The van der Waals surface area contributed by atoms with E-state index in [0.717, 1.165) is 48.7 Å². The zero-order valence-electron chi connectivity index (χ0n) is 14.9. The summed E-state index contributed by atoms with van der Waals surface area (Å²) in [6.07, 6.45) is 4.50. The predicted octanol–water partition coefficient (Wildman–Crippen LogP) is 3.16. The number of aryl methyl sites for hydroxylation is 1. The highest BCUT2D eigenvalue weighted by atomic mass is 32.1. The number of urea groups is 1. The van der Waals surface area contributed by atoms with E-state index in [2.05, 4.69) is 34.0 Å². The molecule has 6 nitrogen and oxygen atoms in total. The van der Waals surface area contributed by atoms with Crippen molar-refractivity contribution >= 4 is 28.4 Å². The Hall–Kier alpha value is -2.41. The first-order chi connectivity index (χ1) is 12.7. The second kappa shape index (κ2) is 7.45. The molecular weight excluding hydrogens is 346 g/mol. The van der Waals surface area contributed by atoms with Gasteiger partial charge in [-0.25, -0.2) is 14.8 Å². The molecule has 1 aliphatic heterocycles. The molecule has 0 aliphatic carbocycles. The molecule has 0 saturated carbocycles. The Kier molecular flexibility index (Phi) is 4.88. The predicted molar refractivity (Wildman–Crippen MR) is 103 cm³/mol. The van der Waals surface area contributed by atoms with Crippen LogP contribution in [0.4, 0.5) is 4.79 Å². The smallest absolute Gasteiger partial charge is 0.317 e. The number of thiazole rings is 1. The topological polar surface area (TPSA) is 63.1 Å². The van der Waals surface area contributed by atoms with Gasteiger partial charge in [0.1, 0.15) is 5.82 Å². The number of piperidine rings is 1. The van der Waals surface area contributed by atoms with E-state index in [1.54, 1.807) is 17.5 Å². The van der Waals surface area contributed by atoms with Gasteiger partial charge < -0.3 is 14.8 Å². The van der Waals surface area contributed by atoms with E-state index in [0.29, 0.717) is 12.5 Å². The molecule has 0 atom stereocenters. The molecule has 4 rings (SSSR count). The lowest BCUT2D eigenvalue weighted by Gasteiger charge is -2.31. The van der Waals surface area contributed by atoms with Crippen molar-refractivity contribution in [2.24, 2.45) is 7.05 Å². The number of hydrogen-bond acceptors (Lipinski definition) is 4. The normalized spacial score (nSPS) is 15.5. The van der Waals surface area contributed by atoms with E-state index in [4.69, 9.17) is 4.98 Å². The van der Waals surface area contributed by atoms with Crippen LogP contribution in [0.15, 0.2) is 35.8 Å². The van der Waals surface area contributed by atoms with E-state index in [-0.39, 0.29) is 6.03 Å². The van der Waals surface area contributed by atoms with Crippen LogP contribution < -0.4 is 5.32 Å². The molecule has 2 aromatic heterocycles. The van der Waals surface area contributed by atoms with Gasteiger partial charge in [0.05, 0.1) is 16.0 Å². The van der Waals surface area contributed by atoms with Crippen molar-refractivity contribution in [3.05, 3.63) is 46.7 Å². The fourth-order valence-electron chi connectivity index (χ4n) is 3.63. The van der Waals surface area contributed by atoms with E-state index in [1.807, 2.05) is 22.4 Å². The largest absolute Gasteiger partial charge is 0.338 e. The van der Waals surface area contributed by atoms with Crippen LogP contribution in [0, 0.1) is 0 Å². The van der Waals surface area contributed by atoms with Gasteiger partial charge in [-0.05, 0) is 25.0 Å². The van der Waals surface area contributed by atoms with Crippen LogP contribution >= 0.6 is 11.3 Å². The first-order valence-corrected chi connectivity index (χ1v) is 9.93. The molecule has 1 aliphatic rings. The molecule has 1 fully saturated rings. The highest BCUT2D eigenvalue weighted by Gasteiger charge is 2.26. The minimum atomic E-state index is 0.0324. The van der Waals surface area contributed by atoms with E-state index < -0.39 is 0 Å². The van der Waals surface area contributed by atoms with Crippen molar-refractivity contribution in [1.29, 1.82) is 0 Å². The molecule has 0 bridgehead atoms. The summed E-state index contributed by atoms with van der Waals surface area (Å²) in [6.45, 7) is 2.19. The lowest BCUT2D eigenvalue weighted by Crippen LogP contribution is -2.44. The molecular formula is C19H23N5OS. The summed E-state index contributed by atoms with van der Waals surface area (Å²) in [6, 6.07) is 8.27. The Balaban J connectivity index is 1.31. The molecule has 3 heterocycles. The monoisotopic (exact) mass is 369 g/mol.